The first-order valence-corrected chi connectivity index (χ1v) is 12.7. The topological polar surface area (TPSA) is 97.0 Å². The van der Waals surface area contributed by atoms with Gasteiger partial charge in [-0.05, 0) is 81.5 Å². The van der Waals surface area contributed by atoms with Crippen LogP contribution < -0.4 is 15.4 Å². The molecule has 8 nitrogen and oxygen atoms in total. The molecule has 0 aliphatic rings. The summed E-state index contributed by atoms with van der Waals surface area (Å²) in [5.41, 5.74) is 2.53. The molecule has 0 heterocycles. The highest BCUT2D eigenvalue weighted by molar-refractivity contribution is 5.99. The first-order chi connectivity index (χ1) is 17.8. The van der Waals surface area contributed by atoms with Crippen molar-refractivity contribution in [2.24, 2.45) is 5.92 Å². The van der Waals surface area contributed by atoms with Gasteiger partial charge in [0.05, 0.1) is 7.11 Å². The molecule has 8 heteroatoms. The Labute approximate surface area is 226 Å². The summed E-state index contributed by atoms with van der Waals surface area (Å²) < 4.78 is 10.6. The third kappa shape index (κ3) is 8.36. The van der Waals surface area contributed by atoms with Crippen LogP contribution in [0.25, 0.3) is 0 Å². The molecule has 0 bridgehead atoms. The lowest BCUT2D eigenvalue weighted by molar-refractivity contribution is -0.141. The molecule has 38 heavy (non-hydrogen) atoms. The van der Waals surface area contributed by atoms with Crippen LogP contribution in [0.4, 0.5) is 10.5 Å². The van der Waals surface area contributed by atoms with Crippen molar-refractivity contribution in [3.05, 3.63) is 71.8 Å². The number of anilines is 1. The van der Waals surface area contributed by atoms with E-state index in [1.165, 1.54) is 4.90 Å². The van der Waals surface area contributed by atoms with Crippen LogP contribution in [0.2, 0.25) is 0 Å². The quantitative estimate of drug-likeness (QED) is 0.398. The van der Waals surface area contributed by atoms with Crippen LogP contribution in [0, 0.1) is 19.8 Å². The molecule has 2 atom stereocenters. The number of nitrogens with one attached hydrogen (secondary N) is 2. The Kier molecular flexibility index (Phi) is 10.5. The van der Waals surface area contributed by atoms with Gasteiger partial charge in [-0.3, -0.25) is 9.59 Å². The average Bonchev–Trinajstić information content (AvgIpc) is 2.83. The van der Waals surface area contributed by atoms with Crippen molar-refractivity contribution >= 4 is 23.6 Å². The number of amides is 3. The number of benzene rings is 2. The third-order valence-electron chi connectivity index (χ3n) is 5.98. The van der Waals surface area contributed by atoms with Gasteiger partial charge in [-0.15, -0.1) is 6.58 Å². The van der Waals surface area contributed by atoms with Crippen molar-refractivity contribution in [2.45, 2.75) is 66.2 Å². The first kappa shape index (κ1) is 30.4. The average molecular weight is 524 g/mol. The standard InChI is InChI=1S/C30H41N3O5/c1-10-17-33(28(35)25(19(2)3)32-29(36)38-30(6,7)8)26(22-12-11-20(4)21(5)18-22)27(34)31-23-13-15-24(37-9)16-14-23/h10-16,18-19,25-26H,1,17H2,2-9H3,(H,31,34)(H,32,36). The molecule has 0 spiro atoms. The van der Waals surface area contributed by atoms with Gasteiger partial charge in [0.15, 0.2) is 0 Å². The first-order valence-electron chi connectivity index (χ1n) is 12.7. The minimum Gasteiger partial charge on any atom is -0.497 e. The number of nitrogens with zero attached hydrogens (tertiary/aromatic N) is 1. The molecular formula is C30H41N3O5. The molecule has 2 N–H and O–H groups in total. The highest BCUT2D eigenvalue weighted by Crippen LogP contribution is 2.27. The Morgan fingerprint density at radius 1 is 1.03 bits per heavy atom. The predicted molar refractivity (Wildman–Crippen MR) is 150 cm³/mol. The SMILES string of the molecule is C=CCN(C(=O)C(NC(=O)OC(C)(C)C)C(C)C)C(C(=O)Nc1ccc(OC)cc1)c1ccc(C)c(C)c1. The van der Waals surface area contributed by atoms with Gasteiger partial charge in [-0.25, -0.2) is 4.79 Å². The maximum Gasteiger partial charge on any atom is 0.408 e. The van der Waals surface area contributed by atoms with Gasteiger partial charge in [0.1, 0.15) is 23.4 Å². The third-order valence-corrected chi connectivity index (χ3v) is 5.98. The highest BCUT2D eigenvalue weighted by Gasteiger charge is 2.37. The van der Waals surface area contributed by atoms with E-state index >= 15 is 0 Å². The summed E-state index contributed by atoms with van der Waals surface area (Å²) in [4.78, 5) is 41.8. The highest BCUT2D eigenvalue weighted by atomic mass is 16.6. The number of carbonyl (C=O) groups is 3. The lowest BCUT2D eigenvalue weighted by atomic mass is 9.96. The Morgan fingerprint density at radius 3 is 2.16 bits per heavy atom. The fourth-order valence-corrected chi connectivity index (χ4v) is 3.88. The monoisotopic (exact) mass is 523 g/mol. The van der Waals surface area contributed by atoms with E-state index < -0.39 is 35.6 Å². The van der Waals surface area contributed by atoms with Gasteiger partial charge < -0.3 is 25.0 Å². The van der Waals surface area contributed by atoms with E-state index in [0.29, 0.717) is 17.0 Å². The number of carbonyl (C=O) groups excluding carboxylic acids is 3. The fraction of sp³-hybridized carbons (Fsp3) is 0.433. The normalized spacial score (nSPS) is 12.8. The summed E-state index contributed by atoms with van der Waals surface area (Å²) in [7, 11) is 1.57. The van der Waals surface area contributed by atoms with Crippen molar-refractivity contribution in [3.63, 3.8) is 0 Å². The molecule has 0 saturated heterocycles. The summed E-state index contributed by atoms with van der Waals surface area (Å²) in [6.45, 7) is 16.8. The van der Waals surface area contributed by atoms with E-state index in [9.17, 15) is 14.4 Å². The lowest BCUT2D eigenvalue weighted by Crippen LogP contribution is -2.54. The number of rotatable bonds is 10. The number of methoxy groups -OCH3 is 1. The molecule has 0 radical (unpaired) electrons. The minimum atomic E-state index is -0.983. The van der Waals surface area contributed by atoms with E-state index in [1.807, 2.05) is 45.9 Å². The van der Waals surface area contributed by atoms with Gasteiger partial charge in [-0.1, -0.05) is 38.1 Å². The van der Waals surface area contributed by atoms with Crippen molar-refractivity contribution in [3.8, 4) is 5.75 Å². The van der Waals surface area contributed by atoms with E-state index in [0.717, 1.165) is 11.1 Å². The molecule has 3 amide bonds. The van der Waals surface area contributed by atoms with E-state index in [4.69, 9.17) is 9.47 Å². The van der Waals surface area contributed by atoms with E-state index in [1.54, 1.807) is 58.2 Å². The number of alkyl carbamates (subject to hydrolysis) is 1. The Hall–Kier alpha value is -3.81. The van der Waals surface area contributed by atoms with Crippen molar-refractivity contribution < 1.29 is 23.9 Å². The molecule has 2 aromatic rings. The van der Waals surface area contributed by atoms with E-state index in [-0.39, 0.29) is 12.5 Å². The summed E-state index contributed by atoms with van der Waals surface area (Å²) >= 11 is 0. The van der Waals surface area contributed by atoms with Crippen LogP contribution in [-0.2, 0) is 14.3 Å². The molecule has 0 fully saturated rings. The van der Waals surface area contributed by atoms with Crippen LogP contribution in [0.1, 0.15) is 57.4 Å². The maximum absolute atomic E-state index is 14.0. The van der Waals surface area contributed by atoms with Crippen LogP contribution >= 0.6 is 0 Å². The van der Waals surface area contributed by atoms with Gasteiger partial charge in [0.25, 0.3) is 5.91 Å². The number of ether oxygens (including phenoxy) is 2. The molecule has 206 valence electrons. The van der Waals surface area contributed by atoms with Crippen molar-refractivity contribution in [2.75, 3.05) is 19.0 Å². The van der Waals surface area contributed by atoms with Gasteiger partial charge in [0, 0.05) is 12.2 Å². The molecule has 2 rings (SSSR count). The zero-order valence-corrected chi connectivity index (χ0v) is 23.8. The van der Waals surface area contributed by atoms with Gasteiger partial charge in [0.2, 0.25) is 5.91 Å². The smallest absolute Gasteiger partial charge is 0.408 e. The second kappa shape index (κ2) is 13.1. The number of hydrogen-bond donors (Lipinski definition) is 2. The molecule has 2 aromatic carbocycles. The zero-order chi connectivity index (χ0) is 28.6. The summed E-state index contributed by atoms with van der Waals surface area (Å²) in [6, 6.07) is 10.7. The van der Waals surface area contributed by atoms with Crippen LogP contribution in [0.5, 0.6) is 5.75 Å². The minimum absolute atomic E-state index is 0.0890. The maximum atomic E-state index is 14.0. The van der Waals surface area contributed by atoms with Gasteiger partial charge in [-0.2, -0.15) is 0 Å². The summed E-state index contributed by atoms with van der Waals surface area (Å²) in [5, 5.41) is 5.63. The Balaban J connectivity index is 2.51. The number of aryl methyl sites for hydroxylation is 2. The predicted octanol–water partition coefficient (Wildman–Crippen LogP) is 5.56. The summed E-state index contributed by atoms with van der Waals surface area (Å²) in [5.74, 6) is -0.426. The van der Waals surface area contributed by atoms with Crippen molar-refractivity contribution in [1.82, 2.24) is 10.2 Å². The molecule has 2 unspecified atom stereocenters. The van der Waals surface area contributed by atoms with Gasteiger partial charge >= 0.3 is 6.09 Å². The summed E-state index contributed by atoms with van der Waals surface area (Å²) in [6.07, 6.45) is 0.866. The van der Waals surface area contributed by atoms with Crippen LogP contribution in [-0.4, -0.2) is 48.1 Å². The Morgan fingerprint density at radius 2 is 1.66 bits per heavy atom. The second-order valence-electron chi connectivity index (χ2n) is 10.6. The molecular weight excluding hydrogens is 482 g/mol. The van der Waals surface area contributed by atoms with E-state index in [2.05, 4.69) is 17.2 Å². The fourth-order valence-electron chi connectivity index (χ4n) is 3.88. The zero-order valence-electron chi connectivity index (χ0n) is 23.8. The lowest BCUT2D eigenvalue weighted by Gasteiger charge is -2.35. The number of hydrogen-bond acceptors (Lipinski definition) is 5. The molecule has 0 aliphatic carbocycles. The second-order valence-corrected chi connectivity index (χ2v) is 10.6. The largest absolute Gasteiger partial charge is 0.497 e. The van der Waals surface area contributed by atoms with Crippen molar-refractivity contribution in [1.29, 1.82) is 0 Å². The molecule has 0 saturated carbocycles. The molecule has 0 aliphatic heterocycles. The molecule has 0 aromatic heterocycles. The van der Waals surface area contributed by atoms with Crippen LogP contribution in [0.3, 0.4) is 0 Å². The van der Waals surface area contributed by atoms with Crippen LogP contribution in [0.15, 0.2) is 55.1 Å². The Bertz CT molecular complexity index is 1140.